The first-order valence-electron chi connectivity index (χ1n) is 10.5. The third-order valence-corrected chi connectivity index (χ3v) is 8.07. The van der Waals surface area contributed by atoms with Crippen molar-refractivity contribution in [2.24, 2.45) is 0 Å². The van der Waals surface area contributed by atoms with Crippen molar-refractivity contribution in [2.75, 3.05) is 0 Å². The highest BCUT2D eigenvalue weighted by Crippen LogP contribution is 2.37. The summed E-state index contributed by atoms with van der Waals surface area (Å²) >= 11 is 26.2. The average Bonchev–Trinajstić information content (AvgIpc) is 3.30. The highest BCUT2D eigenvalue weighted by atomic mass is 35.5. The van der Waals surface area contributed by atoms with Gasteiger partial charge in [-0.2, -0.15) is 0 Å². The van der Waals surface area contributed by atoms with E-state index in [9.17, 15) is 9.59 Å². The Bertz CT molecular complexity index is 1490. The normalized spacial score (nSPS) is 15.1. The van der Waals surface area contributed by atoms with E-state index in [0.29, 0.717) is 37.1 Å². The van der Waals surface area contributed by atoms with Crippen molar-refractivity contribution in [1.82, 2.24) is 9.47 Å². The van der Waals surface area contributed by atoms with Gasteiger partial charge in [0.15, 0.2) is 0 Å². The monoisotopic (exact) mass is 560 g/mol. The smallest absolute Gasteiger partial charge is 0.293 e. The zero-order valence-corrected chi connectivity index (χ0v) is 21.8. The van der Waals surface area contributed by atoms with Crippen LogP contribution in [0.15, 0.2) is 71.8 Å². The topological polar surface area (TPSA) is 42.3 Å². The van der Waals surface area contributed by atoms with E-state index in [1.165, 1.54) is 0 Å². The second-order valence-corrected chi connectivity index (χ2v) is 10.5. The van der Waals surface area contributed by atoms with Crippen LogP contribution in [0.3, 0.4) is 0 Å². The van der Waals surface area contributed by atoms with Crippen molar-refractivity contribution < 1.29 is 9.59 Å². The summed E-state index contributed by atoms with van der Waals surface area (Å²) in [7, 11) is 0. The molecular weight excluding hydrogens is 546 g/mol. The number of rotatable bonds is 5. The van der Waals surface area contributed by atoms with Crippen molar-refractivity contribution in [2.45, 2.75) is 13.1 Å². The van der Waals surface area contributed by atoms with Crippen LogP contribution in [0.5, 0.6) is 0 Å². The predicted octanol–water partition coefficient (Wildman–Crippen LogP) is 8.54. The summed E-state index contributed by atoms with van der Waals surface area (Å²) in [5.74, 6) is -0.387. The summed E-state index contributed by atoms with van der Waals surface area (Å²) in [6.07, 6.45) is 3.68. The van der Waals surface area contributed by atoms with Crippen LogP contribution in [-0.2, 0) is 17.9 Å². The van der Waals surface area contributed by atoms with Gasteiger partial charge in [-0.1, -0.05) is 76.7 Å². The first-order valence-corrected chi connectivity index (χ1v) is 12.9. The lowest BCUT2D eigenvalue weighted by atomic mass is 10.1. The van der Waals surface area contributed by atoms with Crippen LogP contribution in [0.4, 0.5) is 4.79 Å². The second-order valence-electron chi connectivity index (χ2n) is 7.90. The van der Waals surface area contributed by atoms with E-state index in [-0.39, 0.29) is 17.7 Å². The standard InChI is InChI=1S/C26H16Cl4N2O2S/c27-19-6-3-7-20(28)17(19)13-31-12-15(16-5-1-2-10-23(16)31)11-24-25(33)32(26(34)35-24)14-18-21(29)8-4-9-22(18)30/h1-12H,13-14H2. The van der Waals surface area contributed by atoms with Gasteiger partial charge in [0, 0.05) is 53.9 Å². The molecule has 1 saturated heterocycles. The van der Waals surface area contributed by atoms with Crippen LogP contribution in [0, 0.1) is 0 Å². The fraction of sp³-hybridized carbons (Fsp3) is 0.0769. The molecule has 1 aromatic heterocycles. The number of nitrogens with zero attached hydrogens (tertiary/aromatic N) is 2. The molecule has 0 aliphatic carbocycles. The summed E-state index contributed by atoms with van der Waals surface area (Å²) in [5, 5.41) is 2.54. The molecule has 0 radical (unpaired) electrons. The minimum Gasteiger partial charge on any atom is -0.342 e. The van der Waals surface area contributed by atoms with Crippen LogP contribution >= 0.6 is 58.2 Å². The fourth-order valence-corrected chi connectivity index (χ4v) is 5.86. The van der Waals surface area contributed by atoms with Gasteiger partial charge in [0.05, 0.1) is 18.0 Å². The lowest BCUT2D eigenvalue weighted by Crippen LogP contribution is -2.27. The number of fused-ring (bicyclic) bond motifs is 1. The molecule has 5 rings (SSSR count). The molecule has 3 aromatic carbocycles. The number of thioether (sulfide) groups is 1. The molecule has 0 bridgehead atoms. The minimum absolute atomic E-state index is 0.00722. The first-order chi connectivity index (χ1) is 16.8. The number of imide groups is 1. The van der Waals surface area contributed by atoms with Gasteiger partial charge in [0.25, 0.3) is 11.1 Å². The van der Waals surface area contributed by atoms with Crippen LogP contribution in [0.2, 0.25) is 20.1 Å². The number of benzene rings is 3. The molecule has 176 valence electrons. The molecule has 9 heteroatoms. The molecule has 2 heterocycles. The maximum Gasteiger partial charge on any atom is 0.293 e. The largest absolute Gasteiger partial charge is 0.342 e. The Hall–Kier alpha value is -2.41. The zero-order valence-electron chi connectivity index (χ0n) is 18.0. The molecule has 0 N–H and O–H groups in total. The summed E-state index contributed by atoms with van der Waals surface area (Å²) in [4.78, 5) is 27.4. The number of hydrogen-bond donors (Lipinski definition) is 0. The van der Waals surface area contributed by atoms with Gasteiger partial charge in [-0.3, -0.25) is 14.5 Å². The van der Waals surface area contributed by atoms with E-state index in [4.69, 9.17) is 46.4 Å². The summed E-state index contributed by atoms with van der Waals surface area (Å²) in [5.41, 5.74) is 3.11. The Kier molecular flexibility index (Phi) is 6.88. The number of para-hydroxylation sites is 1. The zero-order chi connectivity index (χ0) is 24.7. The van der Waals surface area contributed by atoms with Crippen LogP contribution in [0.1, 0.15) is 16.7 Å². The average molecular weight is 562 g/mol. The molecule has 35 heavy (non-hydrogen) atoms. The van der Waals surface area contributed by atoms with Gasteiger partial charge in [-0.15, -0.1) is 0 Å². The van der Waals surface area contributed by atoms with Gasteiger partial charge in [-0.05, 0) is 48.2 Å². The maximum absolute atomic E-state index is 13.2. The van der Waals surface area contributed by atoms with Crippen LogP contribution < -0.4 is 0 Å². The number of amides is 2. The number of hydrogen-bond acceptors (Lipinski definition) is 3. The lowest BCUT2D eigenvalue weighted by molar-refractivity contribution is -0.123. The van der Waals surface area contributed by atoms with Crippen molar-refractivity contribution in [3.8, 4) is 0 Å². The molecule has 2 amide bonds. The van der Waals surface area contributed by atoms with E-state index in [1.807, 2.05) is 35.0 Å². The van der Waals surface area contributed by atoms with Crippen LogP contribution in [0.25, 0.3) is 17.0 Å². The summed E-state index contributed by atoms with van der Waals surface area (Å²) < 4.78 is 2.03. The lowest BCUT2D eigenvalue weighted by Gasteiger charge is -2.14. The number of halogens is 4. The quantitative estimate of drug-likeness (QED) is 0.229. The van der Waals surface area contributed by atoms with Crippen LogP contribution in [-0.4, -0.2) is 20.6 Å². The molecule has 0 spiro atoms. The Balaban J connectivity index is 1.49. The summed E-state index contributed by atoms with van der Waals surface area (Å²) in [6, 6.07) is 18.3. The van der Waals surface area contributed by atoms with Crippen molar-refractivity contribution in [3.05, 3.63) is 109 Å². The number of carbonyl (C=O) groups excluding carboxylic acids is 2. The van der Waals surface area contributed by atoms with E-state index >= 15 is 0 Å². The van der Waals surface area contributed by atoms with Crippen molar-refractivity contribution >= 4 is 86.3 Å². The highest BCUT2D eigenvalue weighted by molar-refractivity contribution is 8.18. The Morgan fingerprint density at radius 3 is 1.94 bits per heavy atom. The first kappa shape index (κ1) is 24.3. The number of aromatic nitrogens is 1. The predicted molar refractivity (Wildman–Crippen MR) is 145 cm³/mol. The Labute approximate surface area is 226 Å². The van der Waals surface area contributed by atoms with Gasteiger partial charge >= 0.3 is 0 Å². The summed E-state index contributed by atoms with van der Waals surface area (Å²) in [6.45, 7) is 0.465. The minimum atomic E-state index is -0.387. The SMILES string of the molecule is O=C1SC(=Cc2cn(Cc3c(Cl)cccc3Cl)c3ccccc23)C(=O)N1Cc1c(Cl)cccc1Cl. The molecule has 1 aliphatic heterocycles. The molecule has 0 saturated carbocycles. The van der Waals surface area contributed by atoms with Crippen molar-refractivity contribution in [1.29, 1.82) is 0 Å². The van der Waals surface area contributed by atoms with Gasteiger partial charge in [-0.25, -0.2) is 0 Å². The highest BCUT2D eigenvalue weighted by Gasteiger charge is 2.36. The maximum atomic E-state index is 13.2. The number of carbonyl (C=O) groups is 2. The Morgan fingerprint density at radius 1 is 0.743 bits per heavy atom. The molecule has 0 atom stereocenters. The molecule has 1 fully saturated rings. The third kappa shape index (κ3) is 4.72. The fourth-order valence-electron chi connectivity index (χ4n) is 3.99. The van der Waals surface area contributed by atoms with E-state index in [1.54, 1.807) is 42.5 Å². The van der Waals surface area contributed by atoms with Gasteiger partial charge < -0.3 is 4.57 Å². The third-order valence-electron chi connectivity index (χ3n) is 5.75. The van der Waals surface area contributed by atoms with Crippen molar-refractivity contribution in [3.63, 3.8) is 0 Å². The van der Waals surface area contributed by atoms with E-state index in [2.05, 4.69) is 0 Å². The molecule has 4 nitrogen and oxygen atoms in total. The van der Waals surface area contributed by atoms with E-state index in [0.717, 1.165) is 38.7 Å². The molecular formula is C26H16Cl4N2O2S. The molecule has 1 aliphatic rings. The van der Waals surface area contributed by atoms with Gasteiger partial charge in [0.2, 0.25) is 0 Å². The molecule has 4 aromatic rings. The second kappa shape index (κ2) is 9.92. The molecule has 0 unspecified atom stereocenters. The van der Waals surface area contributed by atoms with Gasteiger partial charge in [0.1, 0.15) is 0 Å². The Morgan fingerprint density at radius 2 is 1.31 bits per heavy atom. The van der Waals surface area contributed by atoms with E-state index < -0.39 is 0 Å².